The van der Waals surface area contributed by atoms with E-state index in [0.717, 1.165) is 31.6 Å². The lowest BCUT2D eigenvalue weighted by molar-refractivity contribution is -0.132. The van der Waals surface area contributed by atoms with Crippen LogP contribution in [0.4, 0.5) is 0 Å². The van der Waals surface area contributed by atoms with E-state index in [9.17, 15) is 9.59 Å². The molecule has 1 saturated carbocycles. The lowest BCUT2D eigenvalue weighted by Crippen LogP contribution is -2.51. The first-order valence-electron chi connectivity index (χ1n) is 10.8. The molecule has 4 rings (SSSR count). The highest BCUT2D eigenvalue weighted by Gasteiger charge is 2.32. The van der Waals surface area contributed by atoms with Gasteiger partial charge < -0.3 is 18.8 Å². The molecule has 2 fully saturated rings. The number of hydrogen-bond acceptors (Lipinski definition) is 7. The van der Waals surface area contributed by atoms with Gasteiger partial charge in [0, 0.05) is 44.9 Å². The molecule has 2 aromatic heterocycles. The lowest BCUT2D eigenvalue weighted by atomic mass is 9.85. The number of piperidine rings is 1. The van der Waals surface area contributed by atoms with Gasteiger partial charge in [-0.15, -0.1) is 0 Å². The van der Waals surface area contributed by atoms with E-state index >= 15 is 0 Å². The summed E-state index contributed by atoms with van der Waals surface area (Å²) in [4.78, 5) is 33.5. The van der Waals surface area contributed by atoms with E-state index in [1.807, 2.05) is 4.90 Å². The fourth-order valence-corrected chi connectivity index (χ4v) is 4.35. The quantitative estimate of drug-likeness (QED) is 0.714. The zero-order chi connectivity index (χ0) is 21.3. The van der Waals surface area contributed by atoms with Gasteiger partial charge in [-0.05, 0) is 39.5 Å². The van der Waals surface area contributed by atoms with Gasteiger partial charge in [-0.25, -0.2) is 0 Å². The van der Waals surface area contributed by atoms with E-state index in [0.29, 0.717) is 54.8 Å². The summed E-state index contributed by atoms with van der Waals surface area (Å²) in [6.45, 7) is 6.78. The van der Waals surface area contributed by atoms with Crippen LogP contribution in [-0.2, 0) is 11.2 Å². The largest absolute Gasteiger partial charge is 0.361 e. The maximum absolute atomic E-state index is 13.0. The Balaban J connectivity index is 1.40. The first kappa shape index (κ1) is 20.6. The highest BCUT2D eigenvalue weighted by molar-refractivity contribution is 5.96. The van der Waals surface area contributed by atoms with Gasteiger partial charge in [0.1, 0.15) is 11.3 Å². The normalized spacial score (nSPS) is 19.6. The average molecular weight is 415 g/mol. The van der Waals surface area contributed by atoms with Crippen molar-refractivity contribution in [3.8, 4) is 0 Å². The van der Waals surface area contributed by atoms with E-state index < -0.39 is 0 Å². The summed E-state index contributed by atoms with van der Waals surface area (Å²) in [5, 5.41) is 7.98. The van der Waals surface area contributed by atoms with Crippen LogP contribution in [0, 0.1) is 13.8 Å². The summed E-state index contributed by atoms with van der Waals surface area (Å²) in [6, 6.07) is -0.0290. The smallest absolute Gasteiger partial charge is 0.259 e. The molecule has 1 saturated heterocycles. The van der Waals surface area contributed by atoms with Gasteiger partial charge in [0.25, 0.3) is 5.91 Å². The van der Waals surface area contributed by atoms with Crippen molar-refractivity contribution in [2.75, 3.05) is 19.6 Å². The summed E-state index contributed by atoms with van der Waals surface area (Å²) in [7, 11) is 0. The number of rotatable bonds is 6. The standard InChI is InChI=1S/C21H29N5O4/c1-13-19(14(2)29-23-13)21(28)25-10-5-8-17(12-25)26(15(3)27)11-9-18-22-20(30-24-18)16-6-4-7-16/h16-17H,4-12H2,1-3H3. The van der Waals surface area contributed by atoms with Gasteiger partial charge in [0.15, 0.2) is 5.82 Å². The maximum Gasteiger partial charge on any atom is 0.259 e. The van der Waals surface area contributed by atoms with Crippen molar-refractivity contribution in [1.82, 2.24) is 25.1 Å². The SMILES string of the molecule is CC(=O)N(CCc1noc(C2CCC2)n1)C1CCCN(C(=O)c2c(C)noc2C)C1. The molecule has 2 aromatic rings. The van der Waals surface area contributed by atoms with Crippen LogP contribution in [0.2, 0.25) is 0 Å². The molecule has 0 aromatic carbocycles. The average Bonchev–Trinajstić information content (AvgIpc) is 3.26. The van der Waals surface area contributed by atoms with E-state index in [4.69, 9.17) is 9.05 Å². The molecule has 1 aliphatic carbocycles. The minimum atomic E-state index is -0.0808. The van der Waals surface area contributed by atoms with Gasteiger partial charge in [-0.3, -0.25) is 9.59 Å². The number of aryl methyl sites for hydroxylation is 2. The Morgan fingerprint density at radius 1 is 1.13 bits per heavy atom. The number of aromatic nitrogens is 3. The fourth-order valence-electron chi connectivity index (χ4n) is 4.35. The van der Waals surface area contributed by atoms with Crippen molar-refractivity contribution in [3.05, 3.63) is 28.7 Å². The number of carbonyl (C=O) groups excluding carboxylic acids is 2. The molecule has 9 heteroatoms. The number of likely N-dealkylation sites (tertiary alicyclic amines) is 1. The van der Waals surface area contributed by atoms with Crippen LogP contribution in [0.15, 0.2) is 9.05 Å². The monoisotopic (exact) mass is 415 g/mol. The molecular formula is C21H29N5O4. The van der Waals surface area contributed by atoms with Gasteiger partial charge in [-0.1, -0.05) is 16.7 Å². The van der Waals surface area contributed by atoms with Crippen LogP contribution in [-0.4, -0.2) is 62.6 Å². The number of amides is 2. The van der Waals surface area contributed by atoms with Crippen LogP contribution in [0.3, 0.4) is 0 Å². The van der Waals surface area contributed by atoms with Crippen molar-refractivity contribution in [2.45, 2.75) is 71.3 Å². The van der Waals surface area contributed by atoms with Crippen LogP contribution in [0.5, 0.6) is 0 Å². The zero-order valence-corrected chi connectivity index (χ0v) is 17.9. The van der Waals surface area contributed by atoms with Crippen LogP contribution in [0.1, 0.15) is 78.5 Å². The highest BCUT2D eigenvalue weighted by Crippen LogP contribution is 2.35. The predicted octanol–water partition coefficient (Wildman–Crippen LogP) is 2.64. The van der Waals surface area contributed by atoms with Crippen molar-refractivity contribution in [1.29, 1.82) is 0 Å². The molecule has 0 spiro atoms. The Hall–Kier alpha value is -2.71. The molecule has 1 atom stereocenters. The molecule has 3 heterocycles. The third kappa shape index (κ3) is 4.11. The van der Waals surface area contributed by atoms with Crippen molar-refractivity contribution in [3.63, 3.8) is 0 Å². The lowest BCUT2D eigenvalue weighted by Gasteiger charge is -2.39. The minimum Gasteiger partial charge on any atom is -0.361 e. The Labute approximate surface area is 175 Å². The summed E-state index contributed by atoms with van der Waals surface area (Å²) >= 11 is 0. The first-order valence-corrected chi connectivity index (χ1v) is 10.8. The molecule has 1 unspecified atom stereocenters. The second-order valence-corrected chi connectivity index (χ2v) is 8.39. The number of carbonyl (C=O) groups is 2. The third-order valence-corrected chi connectivity index (χ3v) is 6.29. The second-order valence-electron chi connectivity index (χ2n) is 8.39. The second kappa shape index (κ2) is 8.57. The summed E-state index contributed by atoms with van der Waals surface area (Å²) < 4.78 is 10.5. The minimum absolute atomic E-state index is 0.00523. The van der Waals surface area contributed by atoms with E-state index in [1.165, 1.54) is 6.42 Å². The summed E-state index contributed by atoms with van der Waals surface area (Å²) in [5.41, 5.74) is 1.13. The molecule has 0 bridgehead atoms. The molecule has 2 aliphatic rings. The van der Waals surface area contributed by atoms with Crippen molar-refractivity contribution >= 4 is 11.8 Å². The molecule has 1 aliphatic heterocycles. The summed E-state index contributed by atoms with van der Waals surface area (Å²) in [5.74, 6) is 2.21. The van der Waals surface area contributed by atoms with E-state index in [2.05, 4.69) is 15.3 Å². The number of hydrogen-bond donors (Lipinski definition) is 0. The van der Waals surface area contributed by atoms with Gasteiger partial charge in [0.05, 0.1) is 5.69 Å². The van der Waals surface area contributed by atoms with Crippen LogP contribution < -0.4 is 0 Å². The number of nitrogens with zero attached hydrogens (tertiary/aromatic N) is 5. The highest BCUT2D eigenvalue weighted by atomic mass is 16.5. The molecule has 30 heavy (non-hydrogen) atoms. The molecule has 0 radical (unpaired) electrons. The van der Waals surface area contributed by atoms with E-state index in [1.54, 1.807) is 25.7 Å². The maximum atomic E-state index is 13.0. The van der Waals surface area contributed by atoms with Crippen LogP contribution >= 0.6 is 0 Å². The molecular weight excluding hydrogens is 386 g/mol. The Morgan fingerprint density at radius 2 is 1.93 bits per heavy atom. The Morgan fingerprint density at radius 3 is 2.57 bits per heavy atom. The third-order valence-electron chi connectivity index (χ3n) is 6.29. The molecule has 9 nitrogen and oxygen atoms in total. The van der Waals surface area contributed by atoms with Gasteiger partial charge >= 0.3 is 0 Å². The van der Waals surface area contributed by atoms with Gasteiger partial charge in [0.2, 0.25) is 11.8 Å². The Kier molecular flexibility index (Phi) is 5.87. The Bertz CT molecular complexity index is 897. The fraction of sp³-hybridized carbons (Fsp3) is 0.667. The molecule has 162 valence electrons. The zero-order valence-electron chi connectivity index (χ0n) is 17.9. The summed E-state index contributed by atoms with van der Waals surface area (Å²) in [6.07, 6.45) is 5.69. The topological polar surface area (TPSA) is 106 Å². The van der Waals surface area contributed by atoms with E-state index in [-0.39, 0.29) is 17.9 Å². The first-order chi connectivity index (χ1) is 14.4. The van der Waals surface area contributed by atoms with Crippen molar-refractivity contribution in [2.24, 2.45) is 0 Å². The predicted molar refractivity (Wildman–Crippen MR) is 107 cm³/mol. The van der Waals surface area contributed by atoms with Gasteiger partial charge in [-0.2, -0.15) is 4.98 Å². The van der Waals surface area contributed by atoms with Crippen LogP contribution in [0.25, 0.3) is 0 Å². The molecule has 2 amide bonds. The van der Waals surface area contributed by atoms with Crippen molar-refractivity contribution < 1.29 is 18.6 Å². The molecule has 0 N–H and O–H groups in total.